The highest BCUT2D eigenvalue weighted by Gasteiger charge is 2.29. The summed E-state index contributed by atoms with van der Waals surface area (Å²) in [5.74, 6) is -1.73. The molecule has 4 heteroatoms. The van der Waals surface area contributed by atoms with Gasteiger partial charge in [-0.05, 0) is 44.4 Å². The molecule has 2 atom stereocenters. The first-order chi connectivity index (χ1) is 8.72. The maximum Gasteiger partial charge on any atom is 0.200 e. The molecule has 1 saturated carbocycles. The maximum atomic E-state index is 13.5. The summed E-state index contributed by atoms with van der Waals surface area (Å²) in [7, 11) is 0. The molecule has 0 radical (unpaired) electrons. The average Bonchev–Trinajstić information content (AvgIpc) is 2.80. The first kappa shape index (κ1) is 13.3. The van der Waals surface area contributed by atoms with Crippen molar-refractivity contribution in [3.8, 4) is 5.75 Å². The van der Waals surface area contributed by atoms with Gasteiger partial charge in [0.2, 0.25) is 5.82 Å². The van der Waals surface area contributed by atoms with Crippen LogP contribution in [-0.2, 0) is 0 Å². The van der Waals surface area contributed by atoms with E-state index in [0.29, 0.717) is 0 Å². The molecule has 1 aromatic carbocycles. The van der Waals surface area contributed by atoms with Gasteiger partial charge < -0.3 is 10.1 Å². The van der Waals surface area contributed by atoms with Gasteiger partial charge in [0, 0.05) is 6.04 Å². The van der Waals surface area contributed by atoms with Crippen molar-refractivity contribution in [3.05, 3.63) is 29.8 Å². The monoisotopic (exact) mass is 255 g/mol. The average molecular weight is 255 g/mol. The van der Waals surface area contributed by atoms with E-state index in [1.54, 1.807) is 0 Å². The lowest BCUT2D eigenvalue weighted by Crippen LogP contribution is -2.39. The zero-order valence-corrected chi connectivity index (χ0v) is 10.6. The minimum absolute atomic E-state index is 0.0187. The summed E-state index contributed by atoms with van der Waals surface area (Å²) >= 11 is 0. The van der Waals surface area contributed by atoms with Gasteiger partial charge in [-0.3, -0.25) is 0 Å². The van der Waals surface area contributed by atoms with Crippen LogP contribution in [0.3, 0.4) is 0 Å². The third kappa shape index (κ3) is 2.99. The van der Waals surface area contributed by atoms with E-state index in [1.165, 1.54) is 12.1 Å². The molecule has 2 rings (SSSR count). The Morgan fingerprint density at radius 3 is 2.94 bits per heavy atom. The largest absolute Gasteiger partial charge is 0.486 e. The third-order valence-electron chi connectivity index (χ3n) is 3.30. The molecule has 1 aromatic rings. The van der Waals surface area contributed by atoms with Crippen LogP contribution in [0, 0.1) is 11.6 Å². The normalized spacial score (nSPS) is 23.3. The summed E-state index contributed by atoms with van der Waals surface area (Å²) in [4.78, 5) is 0. The second kappa shape index (κ2) is 6.14. The van der Waals surface area contributed by atoms with Crippen LogP contribution in [0.1, 0.15) is 32.6 Å². The Kier molecular flexibility index (Phi) is 4.53. The summed E-state index contributed by atoms with van der Waals surface area (Å²) in [6, 6.07) is 4.29. The predicted octanol–water partition coefficient (Wildman–Crippen LogP) is 3.26. The highest BCUT2D eigenvalue weighted by molar-refractivity contribution is 5.25. The minimum atomic E-state index is -0.890. The Hall–Kier alpha value is -1.16. The van der Waals surface area contributed by atoms with Gasteiger partial charge in [0.05, 0.1) is 0 Å². The number of benzene rings is 1. The number of nitrogens with one attached hydrogen (secondary N) is 1. The van der Waals surface area contributed by atoms with Gasteiger partial charge in [-0.1, -0.05) is 13.0 Å². The molecule has 0 bridgehead atoms. The fourth-order valence-electron chi connectivity index (χ4n) is 2.37. The topological polar surface area (TPSA) is 21.3 Å². The van der Waals surface area contributed by atoms with Crippen LogP contribution in [-0.4, -0.2) is 18.7 Å². The van der Waals surface area contributed by atoms with Crippen molar-refractivity contribution in [2.75, 3.05) is 6.54 Å². The smallest absolute Gasteiger partial charge is 0.200 e. The van der Waals surface area contributed by atoms with Crippen molar-refractivity contribution in [1.29, 1.82) is 0 Å². The Bertz CT molecular complexity index is 397. The molecule has 0 heterocycles. The zero-order chi connectivity index (χ0) is 13.0. The van der Waals surface area contributed by atoms with E-state index in [0.717, 1.165) is 38.3 Å². The molecule has 0 aromatic heterocycles. The van der Waals surface area contributed by atoms with Crippen molar-refractivity contribution < 1.29 is 13.5 Å². The van der Waals surface area contributed by atoms with Crippen molar-refractivity contribution in [3.63, 3.8) is 0 Å². The molecule has 0 spiro atoms. The van der Waals surface area contributed by atoms with Gasteiger partial charge in [0.15, 0.2) is 11.6 Å². The molecule has 100 valence electrons. The van der Waals surface area contributed by atoms with E-state index in [-0.39, 0.29) is 17.9 Å². The molecular weight excluding hydrogens is 236 g/mol. The summed E-state index contributed by atoms with van der Waals surface area (Å²) in [5, 5.41) is 3.39. The van der Waals surface area contributed by atoms with Crippen LogP contribution in [0.2, 0.25) is 0 Å². The Labute approximate surface area is 106 Å². The fraction of sp³-hybridized carbons (Fsp3) is 0.571. The SMILES string of the molecule is CCCNC1CCCC1Oc1cccc(F)c1F. The van der Waals surface area contributed by atoms with Gasteiger partial charge >= 0.3 is 0 Å². The van der Waals surface area contributed by atoms with Gasteiger partial charge in [0.1, 0.15) is 6.10 Å². The molecule has 0 amide bonds. The van der Waals surface area contributed by atoms with Crippen molar-refractivity contribution in [2.24, 2.45) is 0 Å². The van der Waals surface area contributed by atoms with Crippen LogP contribution in [0.5, 0.6) is 5.75 Å². The first-order valence-electron chi connectivity index (χ1n) is 6.56. The minimum Gasteiger partial charge on any atom is -0.486 e. The fourth-order valence-corrected chi connectivity index (χ4v) is 2.37. The Morgan fingerprint density at radius 1 is 1.33 bits per heavy atom. The highest BCUT2D eigenvalue weighted by atomic mass is 19.2. The summed E-state index contributed by atoms with van der Waals surface area (Å²) < 4.78 is 32.2. The predicted molar refractivity (Wildman–Crippen MR) is 66.7 cm³/mol. The van der Waals surface area contributed by atoms with Crippen LogP contribution in [0.4, 0.5) is 8.78 Å². The van der Waals surface area contributed by atoms with Crippen LogP contribution >= 0.6 is 0 Å². The lowest BCUT2D eigenvalue weighted by molar-refractivity contribution is 0.166. The number of ether oxygens (including phenoxy) is 1. The first-order valence-corrected chi connectivity index (χ1v) is 6.56. The highest BCUT2D eigenvalue weighted by Crippen LogP contribution is 2.27. The second-order valence-electron chi connectivity index (χ2n) is 4.70. The molecule has 0 aliphatic heterocycles. The van der Waals surface area contributed by atoms with E-state index < -0.39 is 11.6 Å². The van der Waals surface area contributed by atoms with E-state index in [2.05, 4.69) is 12.2 Å². The molecule has 1 aliphatic carbocycles. The second-order valence-corrected chi connectivity index (χ2v) is 4.70. The van der Waals surface area contributed by atoms with E-state index in [1.807, 2.05) is 0 Å². The maximum absolute atomic E-state index is 13.5. The van der Waals surface area contributed by atoms with E-state index in [9.17, 15) is 8.78 Å². The van der Waals surface area contributed by atoms with E-state index in [4.69, 9.17) is 4.74 Å². The molecule has 2 unspecified atom stereocenters. The molecule has 1 aliphatic rings. The van der Waals surface area contributed by atoms with Gasteiger partial charge in [-0.25, -0.2) is 4.39 Å². The van der Waals surface area contributed by atoms with Gasteiger partial charge in [-0.15, -0.1) is 0 Å². The summed E-state index contributed by atoms with van der Waals surface area (Å²) in [6.07, 6.45) is 3.97. The molecule has 1 N–H and O–H groups in total. The summed E-state index contributed by atoms with van der Waals surface area (Å²) in [6.45, 7) is 3.03. The number of halogens is 2. The van der Waals surface area contributed by atoms with Crippen molar-refractivity contribution in [1.82, 2.24) is 5.32 Å². The van der Waals surface area contributed by atoms with Crippen LogP contribution in [0.25, 0.3) is 0 Å². The number of hydrogen-bond acceptors (Lipinski definition) is 2. The quantitative estimate of drug-likeness (QED) is 0.872. The lowest BCUT2D eigenvalue weighted by Gasteiger charge is -2.22. The van der Waals surface area contributed by atoms with Crippen LogP contribution < -0.4 is 10.1 Å². The van der Waals surface area contributed by atoms with Crippen molar-refractivity contribution >= 4 is 0 Å². The van der Waals surface area contributed by atoms with Crippen molar-refractivity contribution in [2.45, 2.75) is 44.8 Å². The molecule has 18 heavy (non-hydrogen) atoms. The summed E-state index contributed by atoms with van der Waals surface area (Å²) in [5.41, 5.74) is 0. The number of hydrogen-bond donors (Lipinski definition) is 1. The molecule has 1 fully saturated rings. The standard InChI is InChI=1S/C14H19F2NO/c1-2-9-17-11-6-4-7-12(11)18-13-8-3-5-10(15)14(13)16/h3,5,8,11-12,17H,2,4,6-7,9H2,1H3. The lowest BCUT2D eigenvalue weighted by atomic mass is 10.2. The number of rotatable bonds is 5. The van der Waals surface area contributed by atoms with Gasteiger partial charge in [0.25, 0.3) is 0 Å². The van der Waals surface area contributed by atoms with E-state index >= 15 is 0 Å². The third-order valence-corrected chi connectivity index (χ3v) is 3.30. The Balaban J connectivity index is 2.01. The molecule has 2 nitrogen and oxygen atoms in total. The molecular formula is C14H19F2NO. The Morgan fingerprint density at radius 2 is 2.17 bits per heavy atom. The molecule has 0 saturated heterocycles. The zero-order valence-electron chi connectivity index (χ0n) is 10.6. The van der Waals surface area contributed by atoms with Gasteiger partial charge in [-0.2, -0.15) is 4.39 Å². The van der Waals surface area contributed by atoms with Crippen LogP contribution in [0.15, 0.2) is 18.2 Å².